The molecule has 0 fully saturated rings. The van der Waals surface area contributed by atoms with Gasteiger partial charge in [-0.05, 0) is 29.8 Å². The lowest BCUT2D eigenvalue weighted by Crippen LogP contribution is -2.01. The molecule has 1 aromatic heterocycles. The number of ether oxygens (including phenoxy) is 3. The molecule has 0 atom stereocenters. The van der Waals surface area contributed by atoms with Gasteiger partial charge < -0.3 is 19.0 Å². The molecule has 3 aromatic rings. The molecule has 0 saturated carbocycles. The van der Waals surface area contributed by atoms with Gasteiger partial charge in [0.05, 0.1) is 23.6 Å². The fraction of sp³-hybridized carbons (Fsp3) is 0.118. The zero-order valence-electron chi connectivity index (χ0n) is 12.9. The molecule has 1 aliphatic rings. The Kier molecular flexibility index (Phi) is 3.72. The van der Waals surface area contributed by atoms with Crippen LogP contribution in [0.5, 0.6) is 23.0 Å². The maximum absolute atomic E-state index is 5.51. The zero-order chi connectivity index (χ0) is 16.5. The van der Waals surface area contributed by atoms with Crippen LogP contribution in [-0.4, -0.2) is 13.9 Å². The monoisotopic (exact) mass is 343 g/mol. The van der Waals surface area contributed by atoms with Crippen LogP contribution in [0, 0.1) is 0 Å². The minimum absolute atomic E-state index is 0.204. The number of aromatic amines is 1. The van der Waals surface area contributed by atoms with Crippen molar-refractivity contribution < 1.29 is 23.4 Å². The molecule has 0 saturated heterocycles. The molecule has 4 rings (SSSR count). The van der Waals surface area contributed by atoms with Gasteiger partial charge in [0, 0.05) is 0 Å². The third-order valence-electron chi connectivity index (χ3n) is 3.86. The average Bonchev–Trinajstić information content (AvgIpc) is 3.29. The molecular formula is C17H15N2O4S+. The minimum atomic E-state index is 0.204. The second kappa shape index (κ2) is 6.03. The Labute approximate surface area is 142 Å². The van der Waals surface area contributed by atoms with Gasteiger partial charge in [-0.2, -0.15) is 5.90 Å². The number of fused-ring (bicyclic) bond motifs is 1. The predicted octanol–water partition coefficient (Wildman–Crippen LogP) is 2.89. The van der Waals surface area contributed by atoms with Crippen LogP contribution in [0.15, 0.2) is 41.8 Å². The van der Waals surface area contributed by atoms with Crippen LogP contribution in [0.2, 0.25) is 0 Å². The highest BCUT2D eigenvalue weighted by Crippen LogP contribution is 2.45. The Hall–Kier alpha value is -2.77. The van der Waals surface area contributed by atoms with Crippen LogP contribution in [0.4, 0.5) is 0 Å². The molecule has 2 heterocycles. The third-order valence-corrected chi connectivity index (χ3v) is 4.53. The highest BCUT2D eigenvalue weighted by molar-refractivity contribution is 6.99. The van der Waals surface area contributed by atoms with E-state index in [4.69, 9.17) is 24.9 Å². The van der Waals surface area contributed by atoms with Gasteiger partial charge in [0.15, 0.2) is 11.5 Å². The molecule has 0 amide bonds. The van der Waals surface area contributed by atoms with E-state index in [-0.39, 0.29) is 6.79 Å². The van der Waals surface area contributed by atoms with E-state index in [9.17, 15) is 0 Å². The number of methoxy groups -OCH3 is 1. The van der Waals surface area contributed by atoms with Crippen LogP contribution >= 0.6 is 11.5 Å². The summed E-state index contributed by atoms with van der Waals surface area (Å²) in [5, 5.41) is 2.06. The van der Waals surface area contributed by atoms with Gasteiger partial charge in [-0.25, -0.2) is 0 Å². The Bertz CT molecular complexity index is 877. The van der Waals surface area contributed by atoms with Crippen molar-refractivity contribution in [1.82, 2.24) is 0 Å². The van der Waals surface area contributed by atoms with E-state index >= 15 is 0 Å². The maximum Gasteiger partial charge on any atom is 0.233 e. The van der Waals surface area contributed by atoms with Gasteiger partial charge in [-0.15, -0.1) is 4.37 Å². The molecule has 7 heteroatoms. The summed E-state index contributed by atoms with van der Waals surface area (Å²) in [7, 11) is 1.62. The Balaban J connectivity index is 1.80. The number of H-pyrrole nitrogens is 1. The number of nitrogens with two attached hydrogens (primary N) is 1. The summed E-state index contributed by atoms with van der Waals surface area (Å²) in [6.07, 6.45) is 0. The SMILES string of the molecule is COc1cc(-c2[nH+]scc2-c2ccc(ON)cc2)cc2c1OCO2. The molecule has 1 aliphatic heterocycles. The van der Waals surface area contributed by atoms with Crippen LogP contribution in [-0.2, 0) is 0 Å². The van der Waals surface area contributed by atoms with Crippen molar-refractivity contribution in [2.75, 3.05) is 13.9 Å². The summed E-state index contributed by atoms with van der Waals surface area (Å²) in [5.41, 5.74) is 4.08. The normalized spacial score (nSPS) is 12.2. The fourth-order valence-corrected chi connectivity index (χ4v) is 3.45. The standard InChI is InChI=1S/C17H14N2O4S/c1-20-14-6-11(7-15-17(14)22-9-21-15)16-13(8-24-19-16)10-2-4-12(23-18)5-3-10/h2-8H,9,18H2,1H3/p+1. The van der Waals surface area contributed by atoms with Crippen molar-refractivity contribution in [1.29, 1.82) is 0 Å². The first-order valence-electron chi connectivity index (χ1n) is 7.24. The number of nitrogens with one attached hydrogen (secondary N) is 1. The fourth-order valence-electron chi connectivity index (χ4n) is 2.68. The molecule has 24 heavy (non-hydrogen) atoms. The molecule has 2 aromatic carbocycles. The zero-order valence-corrected chi connectivity index (χ0v) is 13.7. The predicted molar refractivity (Wildman–Crippen MR) is 89.2 cm³/mol. The molecule has 0 aliphatic carbocycles. The lowest BCUT2D eigenvalue weighted by Gasteiger charge is -2.06. The van der Waals surface area contributed by atoms with Gasteiger partial charge >= 0.3 is 0 Å². The minimum Gasteiger partial charge on any atom is -0.493 e. The Morgan fingerprint density at radius 2 is 1.96 bits per heavy atom. The highest BCUT2D eigenvalue weighted by Gasteiger charge is 2.25. The topological polar surface area (TPSA) is 77.1 Å². The molecule has 3 N–H and O–H groups in total. The van der Waals surface area contributed by atoms with E-state index in [0.29, 0.717) is 23.0 Å². The smallest absolute Gasteiger partial charge is 0.233 e. The maximum atomic E-state index is 5.51. The number of aromatic nitrogens is 1. The van der Waals surface area contributed by atoms with Crippen molar-refractivity contribution in [3.63, 3.8) is 0 Å². The molecule has 0 spiro atoms. The number of benzene rings is 2. The highest BCUT2D eigenvalue weighted by atomic mass is 32.1. The van der Waals surface area contributed by atoms with Crippen molar-refractivity contribution in [3.05, 3.63) is 41.8 Å². The van der Waals surface area contributed by atoms with E-state index in [1.54, 1.807) is 7.11 Å². The number of hydrogen-bond acceptors (Lipinski definition) is 6. The third kappa shape index (κ3) is 2.44. The average molecular weight is 343 g/mol. The second-order valence-corrected chi connectivity index (χ2v) is 5.86. The van der Waals surface area contributed by atoms with Gasteiger partial charge in [-0.1, -0.05) is 12.1 Å². The van der Waals surface area contributed by atoms with E-state index in [2.05, 4.69) is 9.75 Å². The lowest BCUT2D eigenvalue weighted by molar-refractivity contribution is -0.275. The van der Waals surface area contributed by atoms with Crippen LogP contribution in [0.1, 0.15) is 0 Å². The first-order valence-corrected chi connectivity index (χ1v) is 8.12. The van der Waals surface area contributed by atoms with Crippen molar-refractivity contribution in [2.45, 2.75) is 0 Å². The number of rotatable bonds is 4. The van der Waals surface area contributed by atoms with E-state index < -0.39 is 0 Å². The molecule has 6 nitrogen and oxygen atoms in total. The summed E-state index contributed by atoms with van der Waals surface area (Å²) < 4.78 is 19.7. The summed E-state index contributed by atoms with van der Waals surface area (Å²) >= 11 is 1.52. The Morgan fingerprint density at radius 3 is 2.71 bits per heavy atom. The number of hydrogen-bond donors (Lipinski definition) is 1. The van der Waals surface area contributed by atoms with Gasteiger partial charge in [-0.3, -0.25) is 0 Å². The van der Waals surface area contributed by atoms with Crippen molar-refractivity contribution in [2.24, 2.45) is 5.90 Å². The summed E-state index contributed by atoms with van der Waals surface area (Å²) in [4.78, 5) is 4.73. The van der Waals surface area contributed by atoms with Crippen molar-refractivity contribution in [3.8, 4) is 45.4 Å². The van der Waals surface area contributed by atoms with E-state index in [1.807, 2.05) is 36.4 Å². The first-order chi connectivity index (χ1) is 11.8. The van der Waals surface area contributed by atoms with Crippen LogP contribution in [0.25, 0.3) is 22.4 Å². The van der Waals surface area contributed by atoms with Gasteiger partial charge in [0.25, 0.3) is 0 Å². The van der Waals surface area contributed by atoms with Crippen LogP contribution < -0.4 is 29.3 Å². The lowest BCUT2D eigenvalue weighted by atomic mass is 10.0. The first kappa shape index (κ1) is 14.8. The summed E-state index contributed by atoms with van der Waals surface area (Å²) in [5.74, 6) is 7.77. The van der Waals surface area contributed by atoms with E-state index in [0.717, 1.165) is 22.4 Å². The summed E-state index contributed by atoms with van der Waals surface area (Å²) in [6, 6.07) is 11.5. The molecule has 0 unspecified atom stereocenters. The van der Waals surface area contributed by atoms with E-state index in [1.165, 1.54) is 11.5 Å². The largest absolute Gasteiger partial charge is 0.493 e. The molecule has 122 valence electrons. The summed E-state index contributed by atoms with van der Waals surface area (Å²) in [6.45, 7) is 0.204. The van der Waals surface area contributed by atoms with Gasteiger partial charge in [0.1, 0.15) is 17.3 Å². The quantitative estimate of drug-likeness (QED) is 0.737. The Morgan fingerprint density at radius 1 is 1.12 bits per heavy atom. The van der Waals surface area contributed by atoms with Crippen molar-refractivity contribution >= 4 is 11.5 Å². The second-order valence-electron chi connectivity index (χ2n) is 5.18. The molecule has 0 bridgehead atoms. The van der Waals surface area contributed by atoms with Crippen LogP contribution in [0.3, 0.4) is 0 Å². The van der Waals surface area contributed by atoms with Gasteiger partial charge in [0.2, 0.25) is 18.2 Å². The molecule has 0 radical (unpaired) electrons. The molecular weight excluding hydrogens is 328 g/mol.